The van der Waals surface area contributed by atoms with Crippen molar-refractivity contribution in [2.24, 2.45) is 0 Å². The van der Waals surface area contributed by atoms with Gasteiger partial charge in [0.1, 0.15) is 0 Å². The van der Waals surface area contributed by atoms with Gasteiger partial charge in [-0.2, -0.15) is 0 Å². The molecule has 0 bridgehead atoms. The lowest BCUT2D eigenvalue weighted by Gasteiger charge is -2.35. The molecule has 1 atom stereocenters. The summed E-state index contributed by atoms with van der Waals surface area (Å²) >= 11 is 0. The molecule has 188 valence electrons. The van der Waals surface area contributed by atoms with Gasteiger partial charge >= 0.3 is 5.97 Å². The maximum atomic E-state index is 12.9. The summed E-state index contributed by atoms with van der Waals surface area (Å²) in [6.07, 6.45) is 2.39. The van der Waals surface area contributed by atoms with Crippen molar-refractivity contribution < 1.29 is 23.9 Å². The molecule has 1 unspecified atom stereocenters. The van der Waals surface area contributed by atoms with Crippen LogP contribution in [0.3, 0.4) is 0 Å². The molecule has 0 saturated carbocycles. The van der Waals surface area contributed by atoms with E-state index >= 15 is 0 Å². The summed E-state index contributed by atoms with van der Waals surface area (Å²) in [5.41, 5.74) is 1.57. The van der Waals surface area contributed by atoms with E-state index in [4.69, 9.17) is 4.74 Å². The second kappa shape index (κ2) is 10.2. The fourth-order valence-corrected chi connectivity index (χ4v) is 4.48. The number of fused-ring (bicyclic) bond motifs is 1. The summed E-state index contributed by atoms with van der Waals surface area (Å²) in [7, 11) is 0. The highest BCUT2D eigenvalue weighted by Crippen LogP contribution is 2.24. The van der Waals surface area contributed by atoms with Crippen molar-refractivity contribution in [1.82, 2.24) is 19.8 Å². The topological polar surface area (TPSA) is 113 Å². The van der Waals surface area contributed by atoms with Crippen LogP contribution in [0.1, 0.15) is 43.6 Å². The standard InChI is InChI=1S/C27H25N5O5/c1-18(23(33)30-12-14-31(15-13-30)27-28-10-5-11-29-27)37-26(36)20-7-4-6-19(16-20)17-32-24(34)21-8-2-3-9-22(21)25(32)35/h2-11,16,18H,12-15,17H2,1H3. The van der Waals surface area contributed by atoms with Crippen molar-refractivity contribution in [1.29, 1.82) is 0 Å². The fraction of sp³-hybridized carbons (Fsp3) is 0.259. The van der Waals surface area contributed by atoms with Gasteiger partial charge in [-0.05, 0) is 42.8 Å². The molecule has 3 heterocycles. The molecule has 0 N–H and O–H groups in total. The van der Waals surface area contributed by atoms with Gasteiger partial charge < -0.3 is 14.5 Å². The average Bonchev–Trinajstić information content (AvgIpc) is 3.18. The summed E-state index contributed by atoms with van der Waals surface area (Å²) in [4.78, 5) is 64.3. The van der Waals surface area contributed by atoms with E-state index in [2.05, 4.69) is 9.97 Å². The molecule has 5 rings (SSSR count). The third kappa shape index (κ3) is 4.90. The Morgan fingerprint density at radius 1 is 0.892 bits per heavy atom. The number of aromatic nitrogens is 2. The number of anilines is 1. The summed E-state index contributed by atoms with van der Waals surface area (Å²) in [5.74, 6) is -1.04. The number of nitrogens with zero attached hydrogens (tertiary/aromatic N) is 5. The van der Waals surface area contributed by atoms with Gasteiger partial charge in [0.2, 0.25) is 5.95 Å². The number of carbonyl (C=O) groups is 4. The Kier molecular flexibility index (Phi) is 6.63. The smallest absolute Gasteiger partial charge is 0.338 e. The lowest BCUT2D eigenvalue weighted by Crippen LogP contribution is -2.52. The first-order valence-corrected chi connectivity index (χ1v) is 12.0. The molecule has 10 nitrogen and oxygen atoms in total. The molecule has 3 aromatic rings. The van der Waals surface area contributed by atoms with E-state index in [0.29, 0.717) is 48.8 Å². The summed E-state index contributed by atoms with van der Waals surface area (Å²) in [6, 6.07) is 14.9. The number of imide groups is 1. The number of carbonyl (C=O) groups excluding carboxylic acids is 4. The molecular weight excluding hydrogens is 474 g/mol. The van der Waals surface area contributed by atoms with Gasteiger partial charge in [0.05, 0.1) is 23.2 Å². The van der Waals surface area contributed by atoms with E-state index in [1.54, 1.807) is 78.8 Å². The molecular formula is C27H25N5O5. The first-order valence-electron chi connectivity index (χ1n) is 12.0. The average molecular weight is 500 g/mol. The monoisotopic (exact) mass is 499 g/mol. The Morgan fingerprint density at radius 3 is 2.19 bits per heavy atom. The van der Waals surface area contributed by atoms with Gasteiger partial charge in [-0.25, -0.2) is 14.8 Å². The van der Waals surface area contributed by atoms with Crippen LogP contribution in [-0.4, -0.2) is 75.7 Å². The number of esters is 1. The van der Waals surface area contributed by atoms with E-state index in [-0.39, 0.29) is 29.8 Å². The molecule has 1 saturated heterocycles. The number of ether oxygens (including phenoxy) is 1. The zero-order chi connectivity index (χ0) is 25.9. The number of benzene rings is 2. The largest absolute Gasteiger partial charge is 0.449 e. The zero-order valence-corrected chi connectivity index (χ0v) is 20.2. The highest BCUT2D eigenvalue weighted by molar-refractivity contribution is 6.21. The van der Waals surface area contributed by atoms with Gasteiger partial charge in [-0.3, -0.25) is 19.3 Å². The first kappa shape index (κ1) is 24.1. The van der Waals surface area contributed by atoms with E-state index in [9.17, 15) is 19.2 Å². The van der Waals surface area contributed by atoms with Gasteiger partial charge in [-0.1, -0.05) is 24.3 Å². The van der Waals surface area contributed by atoms with E-state index < -0.39 is 12.1 Å². The molecule has 1 fully saturated rings. The van der Waals surface area contributed by atoms with E-state index in [0.717, 1.165) is 4.90 Å². The maximum Gasteiger partial charge on any atom is 0.338 e. The lowest BCUT2D eigenvalue weighted by atomic mass is 10.1. The lowest BCUT2D eigenvalue weighted by molar-refractivity contribution is -0.140. The van der Waals surface area contributed by atoms with Gasteiger partial charge in [0.15, 0.2) is 6.10 Å². The zero-order valence-electron chi connectivity index (χ0n) is 20.2. The Bertz CT molecular complexity index is 1320. The minimum Gasteiger partial charge on any atom is -0.449 e. The maximum absolute atomic E-state index is 12.9. The van der Waals surface area contributed by atoms with Gasteiger partial charge in [0, 0.05) is 38.6 Å². The highest BCUT2D eigenvalue weighted by atomic mass is 16.5. The predicted octanol–water partition coefficient (Wildman–Crippen LogP) is 2.17. The van der Waals surface area contributed by atoms with Crippen LogP contribution >= 0.6 is 0 Å². The fourth-order valence-electron chi connectivity index (χ4n) is 4.48. The van der Waals surface area contributed by atoms with E-state index in [1.165, 1.54) is 0 Å². The van der Waals surface area contributed by atoms with Crippen molar-refractivity contribution in [2.45, 2.75) is 19.6 Å². The molecule has 2 aromatic carbocycles. The minimum absolute atomic E-state index is 0.0252. The number of piperazine rings is 1. The van der Waals surface area contributed by atoms with Crippen LogP contribution in [0.4, 0.5) is 5.95 Å². The minimum atomic E-state index is -0.966. The number of amides is 3. The van der Waals surface area contributed by atoms with E-state index in [1.807, 2.05) is 4.90 Å². The quantitative estimate of drug-likeness (QED) is 0.375. The van der Waals surface area contributed by atoms with Crippen LogP contribution in [-0.2, 0) is 16.1 Å². The molecule has 0 aliphatic carbocycles. The highest BCUT2D eigenvalue weighted by Gasteiger charge is 2.35. The third-order valence-corrected chi connectivity index (χ3v) is 6.44. The summed E-state index contributed by atoms with van der Waals surface area (Å²) < 4.78 is 5.46. The van der Waals surface area contributed by atoms with Crippen LogP contribution < -0.4 is 4.90 Å². The molecule has 37 heavy (non-hydrogen) atoms. The van der Waals surface area contributed by atoms with Gasteiger partial charge in [-0.15, -0.1) is 0 Å². The Labute approximate surface area is 213 Å². The van der Waals surface area contributed by atoms with Crippen LogP contribution in [0.5, 0.6) is 0 Å². The van der Waals surface area contributed by atoms with Crippen molar-refractivity contribution in [2.75, 3.05) is 31.1 Å². The van der Waals surface area contributed by atoms with Crippen LogP contribution in [0.15, 0.2) is 67.0 Å². The Hall–Kier alpha value is -4.60. The third-order valence-electron chi connectivity index (χ3n) is 6.44. The first-order chi connectivity index (χ1) is 17.9. The van der Waals surface area contributed by atoms with Crippen LogP contribution in [0.2, 0.25) is 0 Å². The van der Waals surface area contributed by atoms with Crippen molar-refractivity contribution in [3.05, 3.63) is 89.2 Å². The second-order valence-corrected chi connectivity index (χ2v) is 8.85. The Balaban J connectivity index is 1.18. The van der Waals surface area contributed by atoms with Crippen molar-refractivity contribution in [3.63, 3.8) is 0 Å². The molecule has 10 heteroatoms. The molecule has 0 spiro atoms. The van der Waals surface area contributed by atoms with Crippen LogP contribution in [0, 0.1) is 0 Å². The number of hydrogen-bond donors (Lipinski definition) is 0. The normalized spacial score (nSPS) is 16.0. The van der Waals surface area contributed by atoms with Gasteiger partial charge in [0.25, 0.3) is 17.7 Å². The summed E-state index contributed by atoms with van der Waals surface area (Å²) in [6.45, 7) is 3.67. The molecule has 2 aliphatic heterocycles. The van der Waals surface area contributed by atoms with Crippen LogP contribution in [0.25, 0.3) is 0 Å². The van der Waals surface area contributed by atoms with Crippen molar-refractivity contribution in [3.8, 4) is 0 Å². The molecule has 2 aliphatic rings. The Morgan fingerprint density at radius 2 is 1.54 bits per heavy atom. The molecule has 3 amide bonds. The SMILES string of the molecule is CC(OC(=O)c1cccc(CN2C(=O)c3ccccc3C2=O)c1)C(=O)N1CCN(c2ncccn2)CC1. The second-order valence-electron chi connectivity index (χ2n) is 8.85. The van der Waals surface area contributed by atoms with Crippen molar-refractivity contribution >= 4 is 29.6 Å². The number of rotatable bonds is 6. The predicted molar refractivity (Wildman–Crippen MR) is 133 cm³/mol. The molecule has 0 radical (unpaired) electrons. The summed E-state index contributed by atoms with van der Waals surface area (Å²) in [5, 5.41) is 0. The number of hydrogen-bond acceptors (Lipinski definition) is 8. The molecule has 1 aromatic heterocycles.